The van der Waals surface area contributed by atoms with Crippen molar-refractivity contribution in [1.82, 2.24) is 10.3 Å². The summed E-state index contributed by atoms with van der Waals surface area (Å²) in [6.45, 7) is 11.5. The number of hydrogen-bond donors (Lipinski definition) is 3. The summed E-state index contributed by atoms with van der Waals surface area (Å²) in [5.41, 5.74) is 5.63. The molecule has 4 N–H and O–H groups in total. The number of amides is 1. The smallest absolute Gasteiger partial charge is 0.265 e. The molecule has 1 rings (SSSR count). The van der Waals surface area contributed by atoms with E-state index in [-0.39, 0.29) is 23.3 Å². The number of hydrogen-bond acceptors (Lipinski definition) is 5. The lowest BCUT2D eigenvalue weighted by atomic mass is 10.1. The van der Waals surface area contributed by atoms with Gasteiger partial charge in [0, 0.05) is 11.6 Å². The van der Waals surface area contributed by atoms with Crippen molar-refractivity contribution in [2.75, 3.05) is 11.1 Å². The number of anilines is 2. The van der Waals surface area contributed by atoms with Crippen LogP contribution in [0.2, 0.25) is 0 Å². The summed E-state index contributed by atoms with van der Waals surface area (Å²) in [7, 11) is 0. The summed E-state index contributed by atoms with van der Waals surface area (Å²) < 4.78 is 0. The third kappa shape index (κ3) is 4.03. The predicted octanol–water partition coefficient (Wildman–Crippen LogP) is 2.24. The fourth-order valence-electron chi connectivity index (χ4n) is 1.20. The molecule has 1 unspecified atom stereocenters. The number of nitrogen functional groups attached to an aromatic ring is 1. The maximum Gasteiger partial charge on any atom is 0.265 e. The van der Waals surface area contributed by atoms with Crippen LogP contribution in [0, 0.1) is 0 Å². The Bertz CT molecular complexity index is 447. The third-order valence-electron chi connectivity index (χ3n) is 2.05. The number of thiazole rings is 1. The first-order chi connectivity index (χ1) is 8.23. The lowest BCUT2D eigenvalue weighted by Gasteiger charge is -2.19. The van der Waals surface area contributed by atoms with E-state index >= 15 is 0 Å². The summed E-state index contributed by atoms with van der Waals surface area (Å²) >= 11 is 1.25. The molecule has 1 heterocycles. The van der Waals surface area contributed by atoms with Crippen LogP contribution in [0.15, 0.2) is 12.7 Å². The normalized spacial score (nSPS) is 12.9. The molecule has 1 aromatic heterocycles. The van der Waals surface area contributed by atoms with Crippen LogP contribution in [0.25, 0.3) is 0 Å². The molecule has 6 heteroatoms. The van der Waals surface area contributed by atoms with Gasteiger partial charge in [0.1, 0.15) is 10.7 Å². The van der Waals surface area contributed by atoms with Crippen LogP contribution < -0.4 is 16.4 Å². The summed E-state index contributed by atoms with van der Waals surface area (Å²) in [6.07, 6.45) is 1.66. The van der Waals surface area contributed by atoms with Crippen LogP contribution in [0.5, 0.6) is 0 Å². The van der Waals surface area contributed by atoms with Gasteiger partial charge in [-0.05, 0) is 27.7 Å². The van der Waals surface area contributed by atoms with Crippen molar-refractivity contribution in [2.24, 2.45) is 0 Å². The van der Waals surface area contributed by atoms with Gasteiger partial charge in [0.2, 0.25) is 0 Å². The summed E-state index contributed by atoms with van der Waals surface area (Å²) in [4.78, 5) is 16.5. The molecule has 0 bridgehead atoms. The Hall–Kier alpha value is -1.56. The number of nitrogens with zero attached hydrogens (tertiary/aromatic N) is 1. The number of nitrogens with two attached hydrogens (primary N) is 1. The second kappa shape index (κ2) is 5.39. The molecule has 0 aliphatic carbocycles. The van der Waals surface area contributed by atoms with Gasteiger partial charge in [0.05, 0.1) is 0 Å². The van der Waals surface area contributed by atoms with Crippen molar-refractivity contribution in [3.8, 4) is 0 Å². The quantitative estimate of drug-likeness (QED) is 0.732. The minimum atomic E-state index is -0.223. The van der Waals surface area contributed by atoms with Gasteiger partial charge in [-0.25, -0.2) is 4.98 Å². The molecular weight excluding hydrogens is 248 g/mol. The maximum atomic E-state index is 11.9. The molecule has 0 aliphatic rings. The van der Waals surface area contributed by atoms with Crippen molar-refractivity contribution in [3.63, 3.8) is 0 Å². The maximum absolute atomic E-state index is 11.9. The van der Waals surface area contributed by atoms with E-state index in [1.54, 1.807) is 6.08 Å². The molecular formula is C12H20N4OS. The topological polar surface area (TPSA) is 80.0 Å². The number of aromatic nitrogens is 1. The molecule has 0 fully saturated rings. The zero-order valence-electron chi connectivity index (χ0n) is 11.2. The van der Waals surface area contributed by atoms with Gasteiger partial charge in [0.25, 0.3) is 5.91 Å². The highest BCUT2D eigenvalue weighted by Crippen LogP contribution is 2.27. The average molecular weight is 268 g/mol. The molecule has 0 radical (unpaired) electrons. The molecule has 1 amide bonds. The highest BCUT2D eigenvalue weighted by Gasteiger charge is 2.19. The molecule has 0 saturated carbocycles. The molecule has 0 aliphatic heterocycles. The number of rotatable bonds is 4. The predicted molar refractivity (Wildman–Crippen MR) is 77.0 cm³/mol. The Kier molecular flexibility index (Phi) is 4.34. The third-order valence-corrected chi connectivity index (χ3v) is 3.04. The lowest BCUT2D eigenvalue weighted by molar-refractivity contribution is 0.0951. The van der Waals surface area contributed by atoms with Crippen LogP contribution in [0.1, 0.15) is 37.4 Å². The highest BCUT2D eigenvalue weighted by molar-refractivity contribution is 7.18. The van der Waals surface area contributed by atoms with E-state index in [0.29, 0.717) is 10.0 Å². The molecule has 1 aromatic rings. The first-order valence-electron chi connectivity index (χ1n) is 5.71. The second-order valence-electron chi connectivity index (χ2n) is 5.11. The van der Waals surface area contributed by atoms with Gasteiger partial charge in [-0.15, -0.1) is 6.58 Å². The van der Waals surface area contributed by atoms with Gasteiger partial charge in [-0.3, -0.25) is 4.79 Å². The lowest BCUT2D eigenvalue weighted by Crippen LogP contribution is -2.30. The summed E-state index contributed by atoms with van der Waals surface area (Å²) in [5.74, 6) is 0.0277. The zero-order chi connectivity index (χ0) is 13.9. The number of carbonyl (C=O) groups is 1. The molecule has 5 nitrogen and oxygen atoms in total. The highest BCUT2D eigenvalue weighted by atomic mass is 32.1. The van der Waals surface area contributed by atoms with Crippen LogP contribution >= 0.6 is 11.3 Å². The van der Waals surface area contributed by atoms with Gasteiger partial charge in [-0.1, -0.05) is 17.4 Å². The van der Waals surface area contributed by atoms with Crippen molar-refractivity contribution >= 4 is 28.2 Å². The Balaban J connectivity index is 2.84. The van der Waals surface area contributed by atoms with Crippen molar-refractivity contribution in [3.05, 3.63) is 17.5 Å². The largest absolute Gasteiger partial charge is 0.382 e. The fourth-order valence-corrected chi connectivity index (χ4v) is 2.20. The number of nitrogens with one attached hydrogen (secondary N) is 2. The average Bonchev–Trinajstić information content (AvgIpc) is 2.56. The summed E-state index contributed by atoms with van der Waals surface area (Å²) in [5, 5.41) is 6.61. The Labute approximate surface area is 111 Å². The van der Waals surface area contributed by atoms with Crippen molar-refractivity contribution in [2.45, 2.75) is 39.3 Å². The van der Waals surface area contributed by atoms with E-state index in [1.807, 2.05) is 27.7 Å². The zero-order valence-corrected chi connectivity index (χ0v) is 12.0. The van der Waals surface area contributed by atoms with E-state index in [1.165, 1.54) is 11.3 Å². The van der Waals surface area contributed by atoms with E-state index in [4.69, 9.17) is 5.73 Å². The van der Waals surface area contributed by atoms with Crippen LogP contribution in [0.3, 0.4) is 0 Å². The monoisotopic (exact) mass is 268 g/mol. The molecule has 100 valence electrons. The standard InChI is InChI=1S/C12H20N4OS/c1-6-7(2)14-10(17)8-9(13)15-11(18-8)16-12(3,4)5/h6-7H,1,13H2,2-5H3,(H,14,17)(H,15,16). The molecule has 0 saturated heterocycles. The molecule has 1 atom stereocenters. The van der Waals surface area contributed by atoms with Gasteiger partial charge in [-0.2, -0.15) is 0 Å². The minimum absolute atomic E-state index is 0.0991. The van der Waals surface area contributed by atoms with Crippen molar-refractivity contribution < 1.29 is 4.79 Å². The first-order valence-corrected chi connectivity index (χ1v) is 6.52. The number of carbonyl (C=O) groups excluding carboxylic acids is 1. The van der Waals surface area contributed by atoms with E-state index in [0.717, 1.165) is 0 Å². The first kappa shape index (κ1) is 14.5. The Morgan fingerprint density at radius 1 is 1.56 bits per heavy atom. The van der Waals surface area contributed by atoms with Gasteiger partial charge >= 0.3 is 0 Å². The van der Waals surface area contributed by atoms with Gasteiger partial charge < -0.3 is 16.4 Å². The van der Waals surface area contributed by atoms with Crippen LogP contribution in [-0.4, -0.2) is 22.5 Å². The van der Waals surface area contributed by atoms with E-state index in [9.17, 15) is 4.79 Å². The summed E-state index contributed by atoms with van der Waals surface area (Å²) in [6, 6.07) is -0.0991. The molecule has 18 heavy (non-hydrogen) atoms. The Morgan fingerprint density at radius 3 is 2.67 bits per heavy atom. The Morgan fingerprint density at radius 2 is 2.17 bits per heavy atom. The minimum Gasteiger partial charge on any atom is -0.382 e. The van der Waals surface area contributed by atoms with Crippen LogP contribution in [-0.2, 0) is 0 Å². The van der Waals surface area contributed by atoms with E-state index in [2.05, 4.69) is 22.2 Å². The van der Waals surface area contributed by atoms with Gasteiger partial charge in [0.15, 0.2) is 5.13 Å². The van der Waals surface area contributed by atoms with Crippen molar-refractivity contribution in [1.29, 1.82) is 0 Å². The molecule has 0 aromatic carbocycles. The molecule has 0 spiro atoms. The van der Waals surface area contributed by atoms with E-state index < -0.39 is 0 Å². The second-order valence-corrected chi connectivity index (χ2v) is 6.11. The van der Waals surface area contributed by atoms with Crippen LogP contribution in [0.4, 0.5) is 10.9 Å². The SMILES string of the molecule is C=CC(C)NC(=O)c1sc(NC(C)(C)C)nc1N. The fraction of sp³-hybridized carbons (Fsp3) is 0.500.